The predicted octanol–water partition coefficient (Wildman–Crippen LogP) is 2.83. The van der Waals surface area contributed by atoms with Crippen LogP contribution >= 0.6 is 0 Å². The first-order chi connectivity index (χ1) is 12.7. The number of aromatic nitrogens is 4. The quantitative estimate of drug-likeness (QED) is 0.782. The highest BCUT2D eigenvalue weighted by atomic mass is 16.5. The van der Waals surface area contributed by atoms with Crippen molar-refractivity contribution in [2.45, 2.75) is 32.1 Å². The summed E-state index contributed by atoms with van der Waals surface area (Å²) < 4.78 is 7.32. The third-order valence-corrected chi connectivity index (χ3v) is 4.64. The van der Waals surface area contributed by atoms with E-state index in [1.54, 1.807) is 18.5 Å². The monoisotopic (exact) mass is 351 g/mol. The topological polar surface area (TPSA) is 81.4 Å². The lowest BCUT2D eigenvalue weighted by atomic mass is 9.97. The Balaban J connectivity index is 1.54. The van der Waals surface area contributed by atoms with Crippen molar-refractivity contribution in [3.63, 3.8) is 0 Å². The lowest BCUT2D eigenvalue weighted by molar-refractivity contribution is 0.0846. The summed E-state index contributed by atoms with van der Waals surface area (Å²) in [5, 5.41) is 2.81. The van der Waals surface area contributed by atoms with Crippen LogP contribution in [0.5, 0.6) is 0 Å². The summed E-state index contributed by atoms with van der Waals surface area (Å²) in [7, 11) is 0. The van der Waals surface area contributed by atoms with Crippen molar-refractivity contribution in [2.24, 2.45) is 0 Å². The van der Waals surface area contributed by atoms with Crippen molar-refractivity contribution in [3.8, 4) is 0 Å². The normalized spacial score (nSPS) is 15.3. The summed E-state index contributed by atoms with van der Waals surface area (Å²) in [5.74, 6) is 0.627. The standard InChI is InChI=1S/C19H21N5O2/c1-2-14-4-3-5-15(21-14)19(25)23-17-12-24-11-16(22-18(24)10-20-17)13-6-8-26-9-7-13/h3-5,10-13H,2,6-9H2,1H3,(H,23,25). The summed E-state index contributed by atoms with van der Waals surface area (Å²) in [5.41, 5.74) is 3.10. The van der Waals surface area contributed by atoms with E-state index in [0.717, 1.165) is 49.5 Å². The molecule has 7 heteroatoms. The first-order valence-electron chi connectivity index (χ1n) is 8.92. The average molecular weight is 351 g/mol. The van der Waals surface area contributed by atoms with Crippen LogP contribution in [0.3, 0.4) is 0 Å². The number of aryl methyl sites for hydroxylation is 1. The Morgan fingerprint density at radius 3 is 2.92 bits per heavy atom. The molecular formula is C19H21N5O2. The first kappa shape index (κ1) is 16.7. The summed E-state index contributed by atoms with van der Waals surface area (Å²) in [6, 6.07) is 5.45. The molecule has 0 unspecified atom stereocenters. The van der Waals surface area contributed by atoms with Gasteiger partial charge in [-0.15, -0.1) is 0 Å². The Bertz CT molecular complexity index is 931. The van der Waals surface area contributed by atoms with Crippen LogP contribution in [0.1, 0.15) is 47.6 Å². The number of rotatable bonds is 4. The molecule has 1 saturated heterocycles. The van der Waals surface area contributed by atoms with Crippen LogP contribution < -0.4 is 5.32 Å². The zero-order valence-corrected chi connectivity index (χ0v) is 14.7. The van der Waals surface area contributed by atoms with E-state index in [0.29, 0.717) is 17.4 Å². The molecular weight excluding hydrogens is 330 g/mol. The maximum absolute atomic E-state index is 12.4. The van der Waals surface area contributed by atoms with Gasteiger partial charge in [0.15, 0.2) is 5.65 Å². The van der Waals surface area contributed by atoms with E-state index in [9.17, 15) is 4.79 Å². The second-order valence-corrected chi connectivity index (χ2v) is 6.41. The zero-order valence-electron chi connectivity index (χ0n) is 14.7. The van der Waals surface area contributed by atoms with Crippen molar-refractivity contribution < 1.29 is 9.53 Å². The summed E-state index contributed by atoms with van der Waals surface area (Å²) in [6.45, 7) is 3.57. The Morgan fingerprint density at radius 1 is 1.27 bits per heavy atom. The summed E-state index contributed by atoms with van der Waals surface area (Å²) in [4.78, 5) is 25.7. The Hall–Kier alpha value is -2.80. The van der Waals surface area contributed by atoms with Gasteiger partial charge in [0, 0.05) is 31.0 Å². The van der Waals surface area contributed by atoms with Crippen LogP contribution in [-0.2, 0) is 11.2 Å². The first-order valence-corrected chi connectivity index (χ1v) is 8.92. The minimum Gasteiger partial charge on any atom is -0.381 e. The number of nitrogens with one attached hydrogen (secondary N) is 1. The number of pyridine rings is 1. The Kier molecular flexibility index (Phi) is 4.62. The molecule has 4 rings (SSSR count). The number of ether oxygens (including phenoxy) is 1. The lowest BCUT2D eigenvalue weighted by Gasteiger charge is -2.19. The van der Waals surface area contributed by atoms with Crippen molar-refractivity contribution in [3.05, 3.63) is 53.9 Å². The van der Waals surface area contributed by atoms with Crippen LogP contribution in [0, 0.1) is 0 Å². The van der Waals surface area contributed by atoms with E-state index < -0.39 is 0 Å². The van der Waals surface area contributed by atoms with Gasteiger partial charge in [-0.25, -0.2) is 15.0 Å². The van der Waals surface area contributed by atoms with Crippen molar-refractivity contribution in [2.75, 3.05) is 18.5 Å². The molecule has 26 heavy (non-hydrogen) atoms. The number of imidazole rings is 1. The average Bonchev–Trinajstić information content (AvgIpc) is 3.12. The molecule has 1 fully saturated rings. The van der Waals surface area contributed by atoms with E-state index in [4.69, 9.17) is 4.74 Å². The van der Waals surface area contributed by atoms with E-state index >= 15 is 0 Å². The van der Waals surface area contributed by atoms with Crippen LogP contribution in [0.25, 0.3) is 5.65 Å². The second-order valence-electron chi connectivity index (χ2n) is 6.41. The minimum atomic E-state index is -0.267. The minimum absolute atomic E-state index is 0.267. The molecule has 1 aliphatic heterocycles. The van der Waals surface area contributed by atoms with Gasteiger partial charge in [0.2, 0.25) is 0 Å². The number of carbonyl (C=O) groups excluding carboxylic acids is 1. The number of fused-ring (bicyclic) bond motifs is 1. The van der Waals surface area contributed by atoms with Gasteiger partial charge in [0.25, 0.3) is 5.91 Å². The van der Waals surface area contributed by atoms with E-state index in [2.05, 4.69) is 20.3 Å². The molecule has 0 aromatic carbocycles. The summed E-state index contributed by atoms with van der Waals surface area (Å²) >= 11 is 0. The molecule has 3 aromatic rings. The molecule has 1 amide bonds. The number of hydrogen-bond donors (Lipinski definition) is 1. The van der Waals surface area contributed by atoms with Gasteiger partial charge in [0.05, 0.1) is 18.1 Å². The number of carbonyl (C=O) groups is 1. The van der Waals surface area contributed by atoms with Crippen molar-refractivity contribution >= 4 is 17.4 Å². The van der Waals surface area contributed by atoms with E-state index in [1.807, 2.05) is 29.7 Å². The smallest absolute Gasteiger partial charge is 0.275 e. The van der Waals surface area contributed by atoms with Gasteiger partial charge in [-0.2, -0.15) is 0 Å². The Morgan fingerprint density at radius 2 is 2.12 bits per heavy atom. The third-order valence-electron chi connectivity index (χ3n) is 4.64. The third kappa shape index (κ3) is 3.43. The Labute approximate surface area is 151 Å². The second kappa shape index (κ2) is 7.21. The molecule has 3 aromatic heterocycles. The maximum atomic E-state index is 12.4. The van der Waals surface area contributed by atoms with Gasteiger partial charge >= 0.3 is 0 Å². The summed E-state index contributed by atoms with van der Waals surface area (Å²) in [6.07, 6.45) is 8.23. The largest absolute Gasteiger partial charge is 0.381 e. The molecule has 4 heterocycles. The molecule has 1 N–H and O–H groups in total. The zero-order chi connectivity index (χ0) is 17.9. The van der Waals surface area contributed by atoms with Gasteiger partial charge in [-0.3, -0.25) is 4.79 Å². The van der Waals surface area contributed by atoms with E-state index in [1.165, 1.54) is 0 Å². The molecule has 0 aliphatic carbocycles. The van der Waals surface area contributed by atoms with Crippen LogP contribution in [-0.4, -0.2) is 38.5 Å². The SMILES string of the molecule is CCc1cccc(C(=O)Nc2cn3cc(C4CCOCC4)nc3cn2)n1. The lowest BCUT2D eigenvalue weighted by Crippen LogP contribution is -2.15. The van der Waals surface area contributed by atoms with Crippen LogP contribution in [0.15, 0.2) is 36.8 Å². The van der Waals surface area contributed by atoms with Crippen molar-refractivity contribution in [1.82, 2.24) is 19.4 Å². The molecule has 0 radical (unpaired) electrons. The molecule has 0 saturated carbocycles. The van der Waals surface area contributed by atoms with Gasteiger partial charge in [0.1, 0.15) is 11.5 Å². The number of anilines is 1. The van der Waals surface area contributed by atoms with Gasteiger partial charge in [-0.1, -0.05) is 13.0 Å². The van der Waals surface area contributed by atoms with Gasteiger partial charge in [-0.05, 0) is 31.4 Å². The van der Waals surface area contributed by atoms with Gasteiger partial charge < -0.3 is 14.5 Å². The highest BCUT2D eigenvalue weighted by Gasteiger charge is 2.19. The molecule has 0 spiro atoms. The van der Waals surface area contributed by atoms with Crippen LogP contribution in [0.2, 0.25) is 0 Å². The van der Waals surface area contributed by atoms with Crippen molar-refractivity contribution in [1.29, 1.82) is 0 Å². The fourth-order valence-electron chi connectivity index (χ4n) is 3.16. The maximum Gasteiger partial charge on any atom is 0.275 e. The number of amides is 1. The number of hydrogen-bond acceptors (Lipinski definition) is 5. The van der Waals surface area contributed by atoms with Crippen LogP contribution in [0.4, 0.5) is 5.82 Å². The number of nitrogens with zero attached hydrogens (tertiary/aromatic N) is 4. The molecule has 1 aliphatic rings. The molecule has 134 valence electrons. The predicted molar refractivity (Wildman–Crippen MR) is 97.3 cm³/mol. The molecule has 7 nitrogen and oxygen atoms in total. The molecule has 0 atom stereocenters. The fourth-order valence-corrected chi connectivity index (χ4v) is 3.16. The highest BCUT2D eigenvalue weighted by Crippen LogP contribution is 2.26. The van der Waals surface area contributed by atoms with E-state index in [-0.39, 0.29) is 5.91 Å². The highest BCUT2D eigenvalue weighted by molar-refractivity contribution is 6.02. The fraction of sp³-hybridized carbons (Fsp3) is 0.368. The molecule has 0 bridgehead atoms.